The number of alkyl halides is 3. The second-order valence-corrected chi connectivity index (χ2v) is 10.3. The normalized spacial score (nSPS) is 12.2. The molecule has 2 aromatic carbocycles. The number of hydrogen-bond acceptors (Lipinski definition) is 5. The van der Waals surface area contributed by atoms with Crippen LogP contribution in [0.5, 0.6) is 0 Å². The summed E-state index contributed by atoms with van der Waals surface area (Å²) in [6, 6.07) is 12.1. The summed E-state index contributed by atoms with van der Waals surface area (Å²) in [6.07, 6.45) is -3.10. The number of hydrogen-bond donors (Lipinski definition) is 0. The van der Waals surface area contributed by atoms with Gasteiger partial charge in [-0.3, -0.25) is 4.79 Å². The quantitative estimate of drug-likeness (QED) is 0.217. The van der Waals surface area contributed by atoms with Crippen LogP contribution < -0.4 is 0 Å². The van der Waals surface area contributed by atoms with Crippen LogP contribution in [-0.2, 0) is 38.8 Å². The number of furan rings is 1. The Morgan fingerprint density at radius 2 is 1.76 bits per heavy atom. The van der Waals surface area contributed by atoms with Gasteiger partial charge in [0.2, 0.25) is 15.9 Å². The Balaban J connectivity index is 1.89. The Kier molecular flexibility index (Phi) is 10.1. The van der Waals surface area contributed by atoms with Crippen molar-refractivity contribution in [2.75, 3.05) is 26.3 Å². The molecule has 0 radical (unpaired) electrons. The van der Waals surface area contributed by atoms with Crippen LogP contribution in [0.25, 0.3) is 0 Å². The van der Waals surface area contributed by atoms with E-state index in [1.165, 1.54) is 35.4 Å². The SMILES string of the molecule is CCOCCCN(CC(=O)N(Cc1ccc(F)cc1)Cc1ccco1)S(=O)(=O)c1cccc(C(F)(F)F)c1. The van der Waals surface area contributed by atoms with Gasteiger partial charge in [-0.15, -0.1) is 0 Å². The maximum absolute atomic E-state index is 13.4. The molecule has 206 valence electrons. The second kappa shape index (κ2) is 13.0. The number of carbonyl (C=O) groups is 1. The number of rotatable bonds is 13. The molecule has 3 aromatic rings. The van der Waals surface area contributed by atoms with Crippen LogP contribution in [0.1, 0.15) is 30.2 Å². The molecule has 1 aromatic heterocycles. The number of halogens is 4. The van der Waals surface area contributed by atoms with E-state index < -0.39 is 44.9 Å². The zero-order valence-corrected chi connectivity index (χ0v) is 21.5. The zero-order chi connectivity index (χ0) is 27.8. The van der Waals surface area contributed by atoms with Crippen molar-refractivity contribution in [3.63, 3.8) is 0 Å². The van der Waals surface area contributed by atoms with E-state index in [0.29, 0.717) is 24.0 Å². The number of sulfonamides is 1. The van der Waals surface area contributed by atoms with Crippen LogP contribution in [-0.4, -0.2) is 49.8 Å². The Morgan fingerprint density at radius 1 is 1.03 bits per heavy atom. The lowest BCUT2D eigenvalue weighted by atomic mass is 10.2. The Hall–Kier alpha value is -3.22. The van der Waals surface area contributed by atoms with Gasteiger partial charge >= 0.3 is 6.18 Å². The molecule has 0 atom stereocenters. The van der Waals surface area contributed by atoms with Crippen molar-refractivity contribution in [3.05, 3.63) is 89.6 Å². The van der Waals surface area contributed by atoms with Crippen molar-refractivity contribution in [3.8, 4) is 0 Å². The first-order valence-corrected chi connectivity index (χ1v) is 13.2. The fourth-order valence-corrected chi connectivity index (χ4v) is 5.11. The summed E-state index contributed by atoms with van der Waals surface area (Å²) in [5.41, 5.74) is -0.523. The molecule has 38 heavy (non-hydrogen) atoms. The minimum Gasteiger partial charge on any atom is -0.467 e. The third-order valence-corrected chi connectivity index (χ3v) is 7.42. The lowest BCUT2D eigenvalue weighted by Gasteiger charge is -2.27. The second-order valence-electron chi connectivity index (χ2n) is 8.37. The highest BCUT2D eigenvalue weighted by molar-refractivity contribution is 7.89. The van der Waals surface area contributed by atoms with Crippen molar-refractivity contribution >= 4 is 15.9 Å². The topological polar surface area (TPSA) is 80.1 Å². The Bertz CT molecular complexity index is 1280. The highest BCUT2D eigenvalue weighted by atomic mass is 32.2. The molecule has 3 rings (SSSR count). The monoisotopic (exact) mass is 556 g/mol. The number of amides is 1. The predicted molar refractivity (Wildman–Crippen MR) is 131 cm³/mol. The molecule has 0 aliphatic rings. The molecule has 0 unspecified atom stereocenters. The van der Waals surface area contributed by atoms with Crippen LogP contribution in [0.3, 0.4) is 0 Å². The molecule has 0 saturated heterocycles. The number of ether oxygens (including phenoxy) is 1. The number of nitrogens with zero attached hydrogens (tertiary/aromatic N) is 2. The van der Waals surface area contributed by atoms with Crippen LogP contribution in [0, 0.1) is 5.82 Å². The van der Waals surface area contributed by atoms with Crippen LogP contribution in [0.15, 0.2) is 76.2 Å². The highest BCUT2D eigenvalue weighted by Crippen LogP contribution is 2.31. The zero-order valence-electron chi connectivity index (χ0n) is 20.7. The van der Waals surface area contributed by atoms with Gasteiger partial charge in [0.15, 0.2) is 0 Å². The van der Waals surface area contributed by atoms with E-state index in [9.17, 15) is 30.8 Å². The summed E-state index contributed by atoms with van der Waals surface area (Å²) in [5, 5.41) is 0. The van der Waals surface area contributed by atoms with E-state index in [1.54, 1.807) is 19.1 Å². The van der Waals surface area contributed by atoms with Gasteiger partial charge in [-0.25, -0.2) is 12.8 Å². The van der Waals surface area contributed by atoms with Gasteiger partial charge in [-0.05, 0) is 61.4 Å². The lowest BCUT2D eigenvalue weighted by Crippen LogP contribution is -2.43. The van der Waals surface area contributed by atoms with E-state index in [-0.39, 0.29) is 32.7 Å². The van der Waals surface area contributed by atoms with Crippen molar-refractivity contribution in [2.45, 2.75) is 37.5 Å². The molecular formula is C26H28F4N2O5S. The molecule has 0 N–H and O–H groups in total. The third kappa shape index (κ3) is 8.14. The third-order valence-electron chi connectivity index (χ3n) is 5.58. The molecule has 0 spiro atoms. The number of carbonyl (C=O) groups excluding carboxylic acids is 1. The first kappa shape index (κ1) is 29.3. The summed E-state index contributed by atoms with van der Waals surface area (Å²) in [5.74, 6) is -0.632. The fraction of sp³-hybridized carbons (Fsp3) is 0.346. The van der Waals surface area contributed by atoms with Crippen molar-refractivity contribution < 1.29 is 39.9 Å². The van der Waals surface area contributed by atoms with Gasteiger partial charge in [0.25, 0.3) is 0 Å². The van der Waals surface area contributed by atoms with Crippen molar-refractivity contribution in [2.24, 2.45) is 0 Å². The number of benzene rings is 2. The standard InChI is InChI=1S/C26H28F4N2O5S/c1-2-36-14-5-13-32(38(34,35)24-8-3-6-21(16-24)26(28,29)30)19-25(33)31(18-23-7-4-15-37-23)17-20-9-11-22(27)12-10-20/h3-4,6-12,15-16H,2,5,13-14,17-19H2,1H3. The Morgan fingerprint density at radius 3 is 2.39 bits per heavy atom. The summed E-state index contributed by atoms with van der Waals surface area (Å²) in [7, 11) is -4.48. The predicted octanol–water partition coefficient (Wildman–Crippen LogP) is 5.08. The summed E-state index contributed by atoms with van der Waals surface area (Å²) in [6.45, 7) is 1.60. The molecule has 1 amide bonds. The van der Waals surface area contributed by atoms with E-state index in [4.69, 9.17) is 9.15 Å². The molecule has 12 heteroatoms. The first-order chi connectivity index (χ1) is 18.0. The van der Waals surface area contributed by atoms with Gasteiger partial charge in [0, 0.05) is 26.3 Å². The highest BCUT2D eigenvalue weighted by Gasteiger charge is 2.34. The molecule has 0 aliphatic heterocycles. The first-order valence-electron chi connectivity index (χ1n) is 11.8. The minimum absolute atomic E-state index is 0.000395. The summed E-state index contributed by atoms with van der Waals surface area (Å²) < 4.78 is 91.5. The van der Waals surface area contributed by atoms with Crippen LogP contribution in [0.4, 0.5) is 17.6 Å². The molecular weight excluding hydrogens is 528 g/mol. The van der Waals surface area contributed by atoms with Crippen molar-refractivity contribution in [1.29, 1.82) is 0 Å². The van der Waals surface area contributed by atoms with Crippen LogP contribution >= 0.6 is 0 Å². The summed E-state index contributed by atoms with van der Waals surface area (Å²) in [4.78, 5) is 14.2. The molecule has 0 fully saturated rings. The Labute approximate surface area is 218 Å². The summed E-state index contributed by atoms with van der Waals surface area (Å²) >= 11 is 0. The average Bonchev–Trinajstić information content (AvgIpc) is 3.39. The molecule has 1 heterocycles. The van der Waals surface area contributed by atoms with Crippen LogP contribution in [0.2, 0.25) is 0 Å². The van der Waals surface area contributed by atoms with Crippen molar-refractivity contribution in [1.82, 2.24) is 9.21 Å². The van der Waals surface area contributed by atoms with E-state index in [0.717, 1.165) is 22.5 Å². The van der Waals surface area contributed by atoms with Gasteiger partial charge in [-0.1, -0.05) is 18.2 Å². The fourth-order valence-electron chi connectivity index (χ4n) is 3.64. The van der Waals surface area contributed by atoms with E-state index >= 15 is 0 Å². The van der Waals surface area contributed by atoms with Gasteiger partial charge in [-0.2, -0.15) is 17.5 Å². The largest absolute Gasteiger partial charge is 0.467 e. The molecule has 0 bridgehead atoms. The maximum atomic E-state index is 13.4. The van der Waals surface area contributed by atoms with Gasteiger partial charge < -0.3 is 14.1 Å². The average molecular weight is 557 g/mol. The minimum atomic E-state index is -4.74. The molecule has 0 saturated carbocycles. The molecule has 7 nitrogen and oxygen atoms in total. The van der Waals surface area contributed by atoms with E-state index in [1.807, 2.05) is 0 Å². The lowest BCUT2D eigenvalue weighted by molar-refractivity contribution is -0.137. The maximum Gasteiger partial charge on any atom is 0.416 e. The smallest absolute Gasteiger partial charge is 0.416 e. The van der Waals surface area contributed by atoms with Gasteiger partial charge in [0.1, 0.15) is 11.6 Å². The molecule has 0 aliphatic carbocycles. The van der Waals surface area contributed by atoms with Gasteiger partial charge in [0.05, 0.1) is 29.8 Å². The van der Waals surface area contributed by atoms with E-state index in [2.05, 4.69) is 0 Å².